The number of anilines is 1. The smallest absolute Gasteiger partial charge is 0.227 e. The average molecular weight is 520 g/mol. The molecule has 0 bridgehead atoms. The van der Waals surface area contributed by atoms with Crippen LogP contribution in [0.1, 0.15) is 48.3 Å². The van der Waals surface area contributed by atoms with Crippen LogP contribution in [0.2, 0.25) is 0 Å². The molecule has 0 radical (unpaired) electrons. The highest BCUT2D eigenvalue weighted by Gasteiger charge is 2.24. The number of nitrogens with one attached hydrogen (secondary N) is 2. The number of carbonyl (C=O) groups excluding carboxylic acids is 1. The Morgan fingerprint density at radius 3 is 2.34 bits per heavy atom. The normalized spacial score (nSPS) is 17.3. The molecule has 3 aromatic rings. The number of likely N-dealkylation sites (tertiary alicyclic amines) is 1. The second-order valence-corrected chi connectivity index (χ2v) is 10.5. The van der Waals surface area contributed by atoms with Gasteiger partial charge >= 0.3 is 0 Å². The zero-order chi connectivity index (χ0) is 26.5. The van der Waals surface area contributed by atoms with E-state index < -0.39 is 11.6 Å². The molecule has 2 heterocycles. The summed E-state index contributed by atoms with van der Waals surface area (Å²) in [7, 11) is 0. The number of benzene rings is 3. The summed E-state index contributed by atoms with van der Waals surface area (Å²) >= 11 is 0. The van der Waals surface area contributed by atoms with Crippen LogP contribution in [-0.2, 0) is 11.3 Å². The van der Waals surface area contributed by atoms with E-state index in [-0.39, 0.29) is 17.6 Å². The highest BCUT2D eigenvalue weighted by Crippen LogP contribution is 2.33. The molecule has 5 rings (SSSR count). The maximum Gasteiger partial charge on any atom is 0.227 e. The lowest BCUT2D eigenvalue weighted by Crippen LogP contribution is -2.34. The molecule has 0 aromatic heterocycles. The molecular formula is C31H35F2N3O2. The second-order valence-electron chi connectivity index (χ2n) is 10.5. The van der Waals surface area contributed by atoms with Crippen LogP contribution >= 0.6 is 0 Å². The molecule has 3 aromatic carbocycles. The molecule has 0 spiro atoms. The molecule has 0 aliphatic carbocycles. The molecule has 2 fully saturated rings. The predicted molar refractivity (Wildman–Crippen MR) is 146 cm³/mol. The predicted octanol–water partition coefficient (Wildman–Crippen LogP) is 6.38. The van der Waals surface area contributed by atoms with Crippen LogP contribution in [0.5, 0.6) is 11.5 Å². The Labute approximate surface area is 223 Å². The molecule has 7 heteroatoms. The topological polar surface area (TPSA) is 53.6 Å². The molecule has 2 aliphatic rings. The van der Waals surface area contributed by atoms with Gasteiger partial charge in [-0.3, -0.25) is 9.69 Å². The Kier molecular flexibility index (Phi) is 8.35. The van der Waals surface area contributed by atoms with E-state index in [1.165, 1.54) is 22.8 Å². The van der Waals surface area contributed by atoms with Gasteiger partial charge in [-0.25, -0.2) is 8.78 Å². The average Bonchev–Trinajstić information content (AvgIpc) is 2.94. The SMILES string of the molecule is Cc1ccc(NC(=O)C2CCNCC2)cc1C1CCN(Cc2ccc(Oc3ccc(F)c(F)c3)cc2)CC1. The number of carbonyl (C=O) groups is 1. The first kappa shape index (κ1) is 26.3. The first-order valence-electron chi connectivity index (χ1n) is 13.5. The van der Waals surface area contributed by atoms with Gasteiger partial charge in [0.1, 0.15) is 11.5 Å². The van der Waals surface area contributed by atoms with E-state index in [0.29, 0.717) is 11.7 Å². The zero-order valence-electron chi connectivity index (χ0n) is 21.8. The van der Waals surface area contributed by atoms with E-state index in [1.54, 1.807) is 0 Å². The van der Waals surface area contributed by atoms with Crippen molar-refractivity contribution in [3.05, 3.63) is 89.0 Å². The van der Waals surface area contributed by atoms with Gasteiger partial charge in [0.15, 0.2) is 11.6 Å². The molecule has 2 saturated heterocycles. The molecule has 0 unspecified atom stereocenters. The van der Waals surface area contributed by atoms with Crippen molar-refractivity contribution in [1.82, 2.24) is 10.2 Å². The third-order valence-corrected chi connectivity index (χ3v) is 7.74. The molecule has 0 saturated carbocycles. The highest BCUT2D eigenvalue weighted by atomic mass is 19.2. The largest absolute Gasteiger partial charge is 0.457 e. The van der Waals surface area contributed by atoms with E-state index >= 15 is 0 Å². The number of piperidine rings is 2. The molecule has 2 aliphatic heterocycles. The second kappa shape index (κ2) is 12.0. The zero-order valence-corrected chi connectivity index (χ0v) is 21.8. The maximum absolute atomic E-state index is 13.4. The number of aryl methyl sites for hydroxylation is 1. The fourth-order valence-electron chi connectivity index (χ4n) is 5.49. The van der Waals surface area contributed by atoms with Gasteiger partial charge < -0.3 is 15.4 Å². The number of ether oxygens (including phenoxy) is 1. The van der Waals surface area contributed by atoms with Gasteiger partial charge in [-0.15, -0.1) is 0 Å². The molecule has 0 atom stereocenters. The van der Waals surface area contributed by atoms with Crippen molar-refractivity contribution in [2.45, 2.75) is 45.1 Å². The van der Waals surface area contributed by atoms with Crippen LogP contribution in [0, 0.1) is 24.5 Å². The van der Waals surface area contributed by atoms with E-state index in [9.17, 15) is 13.6 Å². The number of rotatable bonds is 7. The Balaban J connectivity index is 1.13. The fourth-order valence-corrected chi connectivity index (χ4v) is 5.49. The standard InChI is InChI=1S/C31H35F2N3O2/c1-21-2-5-25(35-31(37)24-10-14-34-15-11-24)18-28(21)23-12-16-36(17-13-23)20-22-3-6-26(7-4-22)38-27-8-9-29(32)30(33)19-27/h2-9,18-19,23-24,34H,10-17,20H2,1H3,(H,35,37). The Morgan fingerprint density at radius 1 is 0.921 bits per heavy atom. The quantitative estimate of drug-likeness (QED) is 0.380. The Bertz CT molecular complexity index is 1250. The van der Waals surface area contributed by atoms with Crippen LogP contribution in [0.4, 0.5) is 14.5 Å². The number of hydrogen-bond donors (Lipinski definition) is 2. The Morgan fingerprint density at radius 2 is 1.63 bits per heavy atom. The van der Waals surface area contributed by atoms with Crippen LogP contribution in [0.3, 0.4) is 0 Å². The minimum Gasteiger partial charge on any atom is -0.457 e. The van der Waals surface area contributed by atoms with Crippen molar-refractivity contribution >= 4 is 11.6 Å². The summed E-state index contributed by atoms with van der Waals surface area (Å²) in [5, 5.41) is 6.48. The summed E-state index contributed by atoms with van der Waals surface area (Å²) in [5.74, 6) is -0.253. The molecule has 1 amide bonds. The third-order valence-electron chi connectivity index (χ3n) is 7.74. The van der Waals surface area contributed by atoms with Crippen LogP contribution in [-0.4, -0.2) is 37.0 Å². The number of hydrogen-bond acceptors (Lipinski definition) is 4. The highest BCUT2D eigenvalue weighted by molar-refractivity contribution is 5.92. The van der Waals surface area contributed by atoms with Gasteiger partial charge in [0.25, 0.3) is 0 Å². The minimum atomic E-state index is -0.925. The summed E-state index contributed by atoms with van der Waals surface area (Å²) in [6, 6.07) is 17.6. The number of halogens is 2. The van der Waals surface area contributed by atoms with Crippen molar-refractivity contribution < 1.29 is 18.3 Å². The van der Waals surface area contributed by atoms with Crippen molar-refractivity contribution in [1.29, 1.82) is 0 Å². The maximum atomic E-state index is 13.4. The summed E-state index contributed by atoms with van der Waals surface area (Å²) in [5.41, 5.74) is 4.70. The van der Waals surface area contributed by atoms with Gasteiger partial charge in [0.05, 0.1) is 0 Å². The summed E-state index contributed by atoms with van der Waals surface area (Å²) < 4.78 is 32.2. The monoisotopic (exact) mass is 519 g/mol. The summed E-state index contributed by atoms with van der Waals surface area (Å²) in [6.07, 6.45) is 3.94. The lowest BCUT2D eigenvalue weighted by Gasteiger charge is -2.33. The van der Waals surface area contributed by atoms with Crippen LogP contribution < -0.4 is 15.4 Å². The fraction of sp³-hybridized carbons (Fsp3) is 0.387. The van der Waals surface area contributed by atoms with Crippen molar-refractivity contribution in [2.24, 2.45) is 5.92 Å². The van der Waals surface area contributed by atoms with E-state index in [4.69, 9.17) is 4.74 Å². The van der Waals surface area contributed by atoms with Crippen LogP contribution in [0.15, 0.2) is 60.7 Å². The first-order chi connectivity index (χ1) is 18.4. The lowest BCUT2D eigenvalue weighted by molar-refractivity contribution is -0.120. The van der Waals surface area contributed by atoms with Gasteiger partial charge in [-0.05, 0) is 118 Å². The van der Waals surface area contributed by atoms with Crippen LogP contribution in [0.25, 0.3) is 0 Å². The minimum absolute atomic E-state index is 0.0933. The first-order valence-corrected chi connectivity index (χ1v) is 13.5. The molecule has 38 heavy (non-hydrogen) atoms. The molecule has 2 N–H and O–H groups in total. The van der Waals surface area contributed by atoms with Crippen molar-refractivity contribution in [3.63, 3.8) is 0 Å². The lowest BCUT2D eigenvalue weighted by atomic mass is 9.86. The van der Waals surface area contributed by atoms with Gasteiger partial charge in [-0.2, -0.15) is 0 Å². The van der Waals surface area contributed by atoms with Gasteiger partial charge in [0, 0.05) is 24.2 Å². The third kappa shape index (κ3) is 6.58. The van der Waals surface area contributed by atoms with E-state index in [1.807, 2.05) is 30.3 Å². The van der Waals surface area contributed by atoms with E-state index in [2.05, 4.69) is 34.6 Å². The van der Waals surface area contributed by atoms with E-state index in [0.717, 1.165) is 76.2 Å². The van der Waals surface area contributed by atoms with Crippen molar-refractivity contribution in [3.8, 4) is 11.5 Å². The van der Waals surface area contributed by atoms with Gasteiger partial charge in [-0.1, -0.05) is 18.2 Å². The molecular weight excluding hydrogens is 484 g/mol. The number of amides is 1. The summed E-state index contributed by atoms with van der Waals surface area (Å²) in [6.45, 7) is 6.83. The molecule has 5 nitrogen and oxygen atoms in total. The summed E-state index contributed by atoms with van der Waals surface area (Å²) in [4.78, 5) is 15.2. The molecule has 200 valence electrons. The number of nitrogens with zero attached hydrogens (tertiary/aromatic N) is 1. The van der Waals surface area contributed by atoms with Crippen molar-refractivity contribution in [2.75, 3.05) is 31.5 Å². The van der Waals surface area contributed by atoms with Gasteiger partial charge in [0.2, 0.25) is 5.91 Å². The Hall–Kier alpha value is -3.29.